The first-order valence-electron chi connectivity index (χ1n) is 6.77. The van der Waals surface area contributed by atoms with Crippen molar-refractivity contribution in [1.29, 1.82) is 0 Å². The van der Waals surface area contributed by atoms with E-state index in [0.717, 1.165) is 29.4 Å². The molecule has 2 N–H and O–H groups in total. The van der Waals surface area contributed by atoms with E-state index in [-0.39, 0.29) is 6.04 Å². The maximum atomic E-state index is 5.58. The summed E-state index contributed by atoms with van der Waals surface area (Å²) in [6, 6.07) is 6.13. The number of benzene rings is 1. The summed E-state index contributed by atoms with van der Waals surface area (Å²) in [5, 5.41) is 3.42. The Labute approximate surface area is 119 Å². The molecule has 1 heterocycles. The molecule has 20 heavy (non-hydrogen) atoms. The molecule has 1 atom stereocenters. The van der Waals surface area contributed by atoms with E-state index in [0.29, 0.717) is 6.61 Å². The van der Waals surface area contributed by atoms with Gasteiger partial charge in [0.25, 0.3) is 0 Å². The first-order valence-corrected chi connectivity index (χ1v) is 6.77. The number of ether oxygens (including phenoxy) is 2. The molecule has 0 aliphatic rings. The maximum absolute atomic E-state index is 5.58. The Balaban J connectivity index is 2.00. The molecule has 1 unspecified atom stereocenters. The van der Waals surface area contributed by atoms with Gasteiger partial charge in [-0.15, -0.1) is 0 Å². The van der Waals surface area contributed by atoms with E-state index in [1.54, 1.807) is 13.3 Å². The third-order valence-corrected chi connectivity index (χ3v) is 3.07. The van der Waals surface area contributed by atoms with Gasteiger partial charge in [0.15, 0.2) is 11.5 Å². The van der Waals surface area contributed by atoms with Gasteiger partial charge in [-0.1, -0.05) is 6.07 Å². The molecule has 0 aliphatic heterocycles. The molecular weight excluding hydrogens is 254 g/mol. The van der Waals surface area contributed by atoms with Crippen molar-refractivity contribution >= 4 is 0 Å². The highest BCUT2D eigenvalue weighted by molar-refractivity contribution is 5.42. The van der Waals surface area contributed by atoms with Gasteiger partial charge in [-0.25, -0.2) is 4.98 Å². The fraction of sp³-hybridized carbons (Fsp3) is 0.400. The molecule has 0 bridgehead atoms. The van der Waals surface area contributed by atoms with Gasteiger partial charge in [-0.3, -0.25) is 0 Å². The number of methoxy groups -OCH3 is 1. The monoisotopic (exact) mass is 275 g/mol. The van der Waals surface area contributed by atoms with Crippen molar-refractivity contribution in [1.82, 2.24) is 15.3 Å². The fourth-order valence-electron chi connectivity index (χ4n) is 1.98. The summed E-state index contributed by atoms with van der Waals surface area (Å²) >= 11 is 0. The van der Waals surface area contributed by atoms with E-state index < -0.39 is 0 Å². The molecule has 2 rings (SSSR count). The van der Waals surface area contributed by atoms with Crippen LogP contribution in [0.4, 0.5) is 0 Å². The first-order chi connectivity index (χ1) is 9.74. The predicted octanol–water partition coefficient (Wildman–Crippen LogP) is 2.67. The number of aromatic amines is 1. The average Bonchev–Trinajstić information content (AvgIpc) is 2.99. The lowest BCUT2D eigenvalue weighted by Gasteiger charge is -2.14. The van der Waals surface area contributed by atoms with Gasteiger partial charge in [0.1, 0.15) is 5.82 Å². The Morgan fingerprint density at radius 1 is 1.35 bits per heavy atom. The molecule has 1 aromatic carbocycles. The second-order valence-electron chi connectivity index (χ2n) is 4.50. The van der Waals surface area contributed by atoms with Gasteiger partial charge in [-0.2, -0.15) is 0 Å². The van der Waals surface area contributed by atoms with Crippen LogP contribution < -0.4 is 14.8 Å². The summed E-state index contributed by atoms with van der Waals surface area (Å²) in [7, 11) is 1.65. The third kappa shape index (κ3) is 3.51. The summed E-state index contributed by atoms with van der Waals surface area (Å²) in [5.74, 6) is 2.47. The van der Waals surface area contributed by atoms with E-state index in [9.17, 15) is 0 Å². The van der Waals surface area contributed by atoms with Crippen LogP contribution in [0.25, 0.3) is 0 Å². The third-order valence-electron chi connectivity index (χ3n) is 3.07. The number of hydrogen-bond donors (Lipinski definition) is 2. The van der Waals surface area contributed by atoms with Crippen LogP contribution in [0.2, 0.25) is 0 Å². The highest BCUT2D eigenvalue weighted by Gasteiger charge is 2.09. The van der Waals surface area contributed by atoms with Crippen molar-refractivity contribution in [3.63, 3.8) is 0 Å². The lowest BCUT2D eigenvalue weighted by Crippen LogP contribution is -2.19. The second kappa shape index (κ2) is 6.96. The van der Waals surface area contributed by atoms with Crippen LogP contribution in [0.5, 0.6) is 11.5 Å². The Bertz CT molecular complexity index is 526. The van der Waals surface area contributed by atoms with E-state index in [2.05, 4.69) is 22.2 Å². The minimum Gasteiger partial charge on any atom is -0.493 e. The number of aromatic nitrogens is 2. The minimum absolute atomic E-state index is 0.169. The normalized spacial score (nSPS) is 12.2. The Morgan fingerprint density at radius 3 is 2.85 bits per heavy atom. The van der Waals surface area contributed by atoms with Crippen LogP contribution in [0, 0.1) is 0 Å². The number of H-pyrrole nitrogens is 1. The minimum atomic E-state index is 0.169. The fourth-order valence-corrected chi connectivity index (χ4v) is 1.98. The van der Waals surface area contributed by atoms with Crippen LogP contribution in [0.1, 0.15) is 31.3 Å². The Kier molecular flexibility index (Phi) is 5.01. The van der Waals surface area contributed by atoms with Crippen LogP contribution in [0.15, 0.2) is 30.6 Å². The number of nitrogens with one attached hydrogen (secondary N) is 2. The van der Waals surface area contributed by atoms with Crippen LogP contribution in [0.3, 0.4) is 0 Å². The van der Waals surface area contributed by atoms with Crippen LogP contribution >= 0.6 is 0 Å². The number of hydrogen-bond acceptors (Lipinski definition) is 4. The van der Waals surface area contributed by atoms with Crippen molar-refractivity contribution in [2.45, 2.75) is 26.4 Å². The molecule has 108 valence electrons. The largest absolute Gasteiger partial charge is 0.493 e. The zero-order chi connectivity index (χ0) is 14.4. The van der Waals surface area contributed by atoms with Crippen LogP contribution in [-0.4, -0.2) is 23.7 Å². The second-order valence-corrected chi connectivity index (χ2v) is 4.50. The zero-order valence-electron chi connectivity index (χ0n) is 12.1. The molecule has 0 saturated carbocycles. The van der Waals surface area contributed by atoms with E-state index in [1.807, 2.05) is 31.3 Å². The van der Waals surface area contributed by atoms with Gasteiger partial charge >= 0.3 is 0 Å². The molecule has 0 fully saturated rings. The number of rotatable bonds is 7. The van der Waals surface area contributed by atoms with E-state index >= 15 is 0 Å². The lowest BCUT2D eigenvalue weighted by atomic mass is 10.2. The SMILES string of the molecule is CCOc1cc(CNC(C)c2ncc[nH]2)ccc1OC. The molecule has 5 heteroatoms. The van der Waals surface area contributed by atoms with Crippen molar-refractivity contribution < 1.29 is 9.47 Å². The molecule has 0 spiro atoms. The van der Waals surface area contributed by atoms with E-state index in [1.165, 1.54) is 0 Å². The van der Waals surface area contributed by atoms with Crippen molar-refractivity contribution in [3.8, 4) is 11.5 Å². The molecule has 0 radical (unpaired) electrons. The topological polar surface area (TPSA) is 59.2 Å². The van der Waals surface area contributed by atoms with Gasteiger partial charge < -0.3 is 19.8 Å². The van der Waals surface area contributed by atoms with E-state index in [4.69, 9.17) is 9.47 Å². The molecule has 1 aromatic heterocycles. The van der Waals surface area contributed by atoms with Crippen LogP contribution in [-0.2, 0) is 6.54 Å². The number of imidazole rings is 1. The van der Waals surface area contributed by atoms with Crippen molar-refractivity contribution in [3.05, 3.63) is 42.0 Å². The summed E-state index contributed by atoms with van der Waals surface area (Å²) in [5.41, 5.74) is 1.15. The number of nitrogens with zero attached hydrogens (tertiary/aromatic N) is 1. The average molecular weight is 275 g/mol. The first kappa shape index (κ1) is 14.4. The molecule has 5 nitrogen and oxygen atoms in total. The van der Waals surface area contributed by atoms with Gasteiger partial charge in [0.05, 0.1) is 19.8 Å². The molecule has 0 amide bonds. The summed E-state index contributed by atoms with van der Waals surface area (Å²) in [6.45, 7) is 5.40. The highest BCUT2D eigenvalue weighted by atomic mass is 16.5. The smallest absolute Gasteiger partial charge is 0.161 e. The highest BCUT2D eigenvalue weighted by Crippen LogP contribution is 2.28. The molecule has 2 aromatic rings. The van der Waals surface area contributed by atoms with Crippen molar-refractivity contribution in [2.24, 2.45) is 0 Å². The summed E-state index contributed by atoms with van der Waals surface area (Å²) < 4.78 is 10.9. The molecule has 0 aliphatic carbocycles. The van der Waals surface area contributed by atoms with Gasteiger partial charge in [0.2, 0.25) is 0 Å². The Morgan fingerprint density at radius 2 is 2.20 bits per heavy atom. The molecule has 0 saturated heterocycles. The standard InChI is InChI=1S/C15H21N3O2/c1-4-20-14-9-12(5-6-13(14)19-3)10-18-11(2)15-16-7-8-17-15/h5-9,11,18H,4,10H2,1-3H3,(H,16,17). The summed E-state index contributed by atoms with van der Waals surface area (Å²) in [4.78, 5) is 7.34. The van der Waals surface area contributed by atoms with Crippen molar-refractivity contribution in [2.75, 3.05) is 13.7 Å². The maximum Gasteiger partial charge on any atom is 0.161 e. The molecular formula is C15H21N3O2. The van der Waals surface area contributed by atoms with Gasteiger partial charge in [-0.05, 0) is 31.5 Å². The summed E-state index contributed by atoms with van der Waals surface area (Å²) in [6.07, 6.45) is 3.59. The Hall–Kier alpha value is -2.01. The quantitative estimate of drug-likeness (QED) is 0.815. The lowest BCUT2D eigenvalue weighted by molar-refractivity contribution is 0.310. The van der Waals surface area contributed by atoms with Gasteiger partial charge in [0, 0.05) is 18.9 Å². The zero-order valence-corrected chi connectivity index (χ0v) is 12.1. The predicted molar refractivity (Wildman–Crippen MR) is 78.0 cm³/mol.